The molecule has 0 aromatic rings. The summed E-state index contributed by atoms with van der Waals surface area (Å²) in [6.45, 7) is 17.2. The molecule has 1 N–H and O–H groups in total. The number of imide groups is 2. The molecule has 0 radical (unpaired) electrons. The van der Waals surface area contributed by atoms with E-state index in [2.05, 4.69) is 39.9 Å². The zero-order chi connectivity index (χ0) is 29.8. The van der Waals surface area contributed by atoms with Gasteiger partial charge in [-0.25, -0.2) is 9.59 Å². The van der Waals surface area contributed by atoms with Gasteiger partial charge in [-0.05, 0) is 68.6 Å². The van der Waals surface area contributed by atoms with E-state index in [0.717, 1.165) is 83.8 Å². The van der Waals surface area contributed by atoms with Crippen LogP contribution in [-0.2, 0) is 14.3 Å². The van der Waals surface area contributed by atoms with Gasteiger partial charge in [0.05, 0.1) is 0 Å². The molecular weight excluding hydrogens is 508 g/mol. The van der Waals surface area contributed by atoms with E-state index in [0.29, 0.717) is 25.6 Å². The fraction of sp³-hybridized carbons (Fsp3) is 0.871. The summed E-state index contributed by atoms with van der Waals surface area (Å²) in [6, 6.07) is -0.391. The predicted octanol–water partition coefficient (Wildman–Crippen LogP) is 5.82. The first kappa shape index (κ1) is 34.0. The number of hydrogen-bond acceptors (Lipinski definition) is 5. The summed E-state index contributed by atoms with van der Waals surface area (Å²) in [4.78, 5) is 52.1. The Labute approximate surface area is 242 Å². The summed E-state index contributed by atoms with van der Waals surface area (Å²) < 4.78 is 5.92. The number of ether oxygens (including phenoxy) is 1. The molecule has 230 valence electrons. The molecule has 0 aromatic heterocycles. The lowest BCUT2D eigenvalue weighted by atomic mass is 9.72. The molecule has 40 heavy (non-hydrogen) atoms. The Morgan fingerprint density at radius 2 is 1.43 bits per heavy atom. The molecule has 2 aliphatic heterocycles. The second kappa shape index (κ2) is 16.3. The van der Waals surface area contributed by atoms with E-state index in [1.807, 2.05) is 6.92 Å². The second-order valence-corrected chi connectivity index (χ2v) is 13.1. The Morgan fingerprint density at radius 1 is 0.800 bits per heavy atom. The molecule has 2 rings (SSSR count). The highest BCUT2D eigenvalue weighted by Gasteiger charge is 2.34. The molecule has 2 saturated heterocycles. The maximum Gasteiger partial charge on any atom is 0.327 e. The van der Waals surface area contributed by atoms with Crippen molar-refractivity contribution in [2.45, 2.75) is 112 Å². The van der Waals surface area contributed by atoms with Gasteiger partial charge < -0.3 is 14.5 Å². The maximum atomic E-state index is 12.2. The van der Waals surface area contributed by atoms with Gasteiger partial charge in [0, 0.05) is 32.8 Å². The molecule has 0 aliphatic carbocycles. The maximum absolute atomic E-state index is 12.2. The summed E-state index contributed by atoms with van der Waals surface area (Å²) in [5.41, 5.74) is 0.444. The van der Waals surface area contributed by atoms with Crippen molar-refractivity contribution >= 4 is 23.9 Å². The zero-order valence-electron chi connectivity index (χ0n) is 26.2. The number of carbonyl (C=O) groups excluding carboxylic acids is 4. The first-order valence-electron chi connectivity index (χ1n) is 15.7. The molecule has 6 amide bonds. The van der Waals surface area contributed by atoms with Gasteiger partial charge in [0.15, 0.2) is 0 Å². The molecule has 2 heterocycles. The van der Waals surface area contributed by atoms with Crippen molar-refractivity contribution in [1.29, 1.82) is 0 Å². The van der Waals surface area contributed by atoms with E-state index in [-0.39, 0.29) is 47.8 Å². The van der Waals surface area contributed by atoms with Crippen LogP contribution in [0.1, 0.15) is 112 Å². The Bertz CT molecular complexity index is 844. The first-order chi connectivity index (χ1) is 18.9. The lowest BCUT2D eigenvalue weighted by molar-refractivity contribution is -0.125. The average molecular weight is 565 g/mol. The Kier molecular flexibility index (Phi) is 13.9. The highest BCUT2D eigenvalue weighted by molar-refractivity contribution is 6.02. The van der Waals surface area contributed by atoms with E-state index >= 15 is 0 Å². The fourth-order valence-corrected chi connectivity index (χ4v) is 6.08. The molecular formula is C31H56N4O5. The van der Waals surface area contributed by atoms with Gasteiger partial charge in [-0.1, -0.05) is 60.3 Å². The van der Waals surface area contributed by atoms with Crippen LogP contribution in [0, 0.1) is 16.7 Å². The van der Waals surface area contributed by atoms with Crippen LogP contribution in [0.4, 0.5) is 9.59 Å². The minimum Gasteiger partial charge on any atom is -0.381 e. The van der Waals surface area contributed by atoms with E-state index in [9.17, 15) is 19.2 Å². The third kappa shape index (κ3) is 11.0. The lowest BCUT2D eigenvalue weighted by Crippen LogP contribution is -2.33. The van der Waals surface area contributed by atoms with Crippen LogP contribution < -0.4 is 5.32 Å². The third-order valence-corrected chi connectivity index (χ3v) is 8.96. The lowest BCUT2D eigenvalue weighted by Gasteiger charge is -2.35. The fourth-order valence-electron chi connectivity index (χ4n) is 6.08. The quantitative estimate of drug-likeness (QED) is 0.140. The molecule has 0 aromatic carbocycles. The number of hydrogen-bond donors (Lipinski definition) is 1. The van der Waals surface area contributed by atoms with Gasteiger partial charge in [0.1, 0.15) is 13.1 Å². The summed E-state index contributed by atoms with van der Waals surface area (Å²) in [5, 5.41) is 2.36. The number of unbranched alkanes of at least 4 members (excludes halogenated alkanes) is 3. The van der Waals surface area contributed by atoms with Crippen LogP contribution in [0.2, 0.25) is 0 Å². The van der Waals surface area contributed by atoms with Gasteiger partial charge in [0.25, 0.3) is 0 Å². The Balaban J connectivity index is 1.49. The van der Waals surface area contributed by atoms with Crippen LogP contribution in [-0.4, -0.2) is 84.5 Å². The van der Waals surface area contributed by atoms with Crippen molar-refractivity contribution in [3.05, 3.63) is 0 Å². The SMILES string of the molecule is CCC(CCN1CC(=O)NC1=O)C(C)(C)CCCCOCCCCC(C)(C)CCCCN1C(=O)CN(CC)C1=O. The third-order valence-electron chi connectivity index (χ3n) is 8.96. The molecule has 0 spiro atoms. The van der Waals surface area contributed by atoms with Crippen LogP contribution in [0.5, 0.6) is 0 Å². The average Bonchev–Trinajstić information content (AvgIpc) is 3.36. The summed E-state index contributed by atoms with van der Waals surface area (Å²) >= 11 is 0. The minimum atomic E-state index is -0.257. The largest absolute Gasteiger partial charge is 0.381 e. The van der Waals surface area contributed by atoms with E-state index in [4.69, 9.17) is 4.74 Å². The van der Waals surface area contributed by atoms with Crippen molar-refractivity contribution in [3.8, 4) is 0 Å². The minimum absolute atomic E-state index is 0.0655. The van der Waals surface area contributed by atoms with Gasteiger partial charge in [0.2, 0.25) is 11.8 Å². The van der Waals surface area contributed by atoms with Gasteiger partial charge in [-0.15, -0.1) is 0 Å². The summed E-state index contributed by atoms with van der Waals surface area (Å²) in [6.07, 6.45) is 11.7. The number of rotatable bonds is 21. The van der Waals surface area contributed by atoms with Gasteiger partial charge in [-0.2, -0.15) is 0 Å². The van der Waals surface area contributed by atoms with Crippen LogP contribution in [0.3, 0.4) is 0 Å². The molecule has 2 aliphatic rings. The van der Waals surface area contributed by atoms with Crippen molar-refractivity contribution < 1.29 is 23.9 Å². The smallest absolute Gasteiger partial charge is 0.327 e. The van der Waals surface area contributed by atoms with Crippen LogP contribution >= 0.6 is 0 Å². The van der Waals surface area contributed by atoms with Crippen molar-refractivity contribution in [3.63, 3.8) is 0 Å². The van der Waals surface area contributed by atoms with E-state index in [1.54, 1.807) is 9.80 Å². The molecule has 9 heteroatoms. The highest BCUT2D eigenvalue weighted by Crippen LogP contribution is 2.37. The highest BCUT2D eigenvalue weighted by atomic mass is 16.5. The molecule has 1 atom stereocenters. The molecule has 0 saturated carbocycles. The number of urea groups is 2. The number of nitrogens with zero attached hydrogens (tertiary/aromatic N) is 3. The van der Waals surface area contributed by atoms with Crippen molar-refractivity contribution in [2.75, 3.05) is 45.9 Å². The topological polar surface area (TPSA) is 99.3 Å². The molecule has 2 fully saturated rings. The Morgan fingerprint density at radius 3 is 1.98 bits per heavy atom. The van der Waals surface area contributed by atoms with Crippen molar-refractivity contribution in [2.24, 2.45) is 16.7 Å². The number of carbonyl (C=O) groups is 4. The van der Waals surface area contributed by atoms with Gasteiger partial charge >= 0.3 is 12.1 Å². The second-order valence-electron chi connectivity index (χ2n) is 13.1. The number of likely N-dealkylation sites (N-methyl/N-ethyl adjacent to an activating group) is 1. The van der Waals surface area contributed by atoms with Crippen molar-refractivity contribution in [1.82, 2.24) is 20.0 Å². The molecule has 1 unspecified atom stereocenters. The van der Waals surface area contributed by atoms with Gasteiger partial charge in [-0.3, -0.25) is 19.8 Å². The van der Waals surface area contributed by atoms with E-state index in [1.165, 1.54) is 4.90 Å². The number of nitrogens with one attached hydrogen (secondary N) is 1. The molecule has 0 bridgehead atoms. The first-order valence-corrected chi connectivity index (χ1v) is 15.7. The summed E-state index contributed by atoms with van der Waals surface area (Å²) in [7, 11) is 0. The Hall–Kier alpha value is -2.16. The molecule has 9 nitrogen and oxygen atoms in total. The van der Waals surface area contributed by atoms with Crippen LogP contribution in [0.15, 0.2) is 0 Å². The monoisotopic (exact) mass is 564 g/mol. The van der Waals surface area contributed by atoms with E-state index < -0.39 is 0 Å². The van der Waals surface area contributed by atoms with Crippen LogP contribution in [0.25, 0.3) is 0 Å². The zero-order valence-corrected chi connectivity index (χ0v) is 26.2. The normalized spacial score (nSPS) is 17.4. The standard InChI is InChI=1S/C31H56N4O5/c1-7-25(15-20-34-23-26(36)32-28(34)38)31(5,6)18-11-14-22-40-21-13-10-17-30(3,4)16-9-12-19-35-27(37)24-33(8-2)29(35)39/h25H,7-24H2,1-6H3,(H,32,36,38). The predicted molar refractivity (Wildman–Crippen MR) is 158 cm³/mol. The number of amides is 6. The summed E-state index contributed by atoms with van der Waals surface area (Å²) in [5.74, 6) is 0.244.